The minimum atomic E-state index is 0.600. The van der Waals surface area contributed by atoms with Gasteiger partial charge in [-0.05, 0) is 37.5 Å². The summed E-state index contributed by atoms with van der Waals surface area (Å²) in [6.07, 6.45) is 0. The predicted octanol–water partition coefficient (Wildman–Crippen LogP) is 3.80. The monoisotopic (exact) mass is 383 g/mol. The van der Waals surface area contributed by atoms with Gasteiger partial charge in [0.05, 0.1) is 26.4 Å². The summed E-state index contributed by atoms with van der Waals surface area (Å²) >= 11 is 0. The predicted molar refractivity (Wildman–Crippen MR) is 115 cm³/mol. The van der Waals surface area contributed by atoms with Gasteiger partial charge in [-0.25, -0.2) is 4.99 Å². The Kier molecular flexibility index (Phi) is 10.1. The number of nitrogens with zero attached hydrogens (tertiary/aromatic N) is 1. The zero-order valence-electron chi connectivity index (χ0n) is 17.3. The summed E-state index contributed by atoms with van der Waals surface area (Å²) in [6, 6.07) is 16.9. The van der Waals surface area contributed by atoms with E-state index in [-0.39, 0.29) is 0 Å². The van der Waals surface area contributed by atoms with Crippen LogP contribution in [0.3, 0.4) is 0 Å². The first-order valence-electron chi connectivity index (χ1n) is 10.0. The van der Waals surface area contributed by atoms with E-state index in [1.54, 1.807) is 0 Å². The maximum absolute atomic E-state index is 5.66. The van der Waals surface area contributed by atoms with Crippen LogP contribution in [0.4, 0.5) is 0 Å². The lowest BCUT2D eigenvalue weighted by atomic mass is 10.1. The molecular weight excluding hydrogens is 350 g/mol. The Labute approximate surface area is 169 Å². The first kappa shape index (κ1) is 21.9. The Morgan fingerprint density at radius 3 is 2.43 bits per heavy atom. The summed E-state index contributed by atoms with van der Waals surface area (Å²) in [4.78, 5) is 4.70. The van der Waals surface area contributed by atoms with E-state index in [1.807, 2.05) is 6.92 Å². The molecule has 0 amide bonds. The summed E-state index contributed by atoms with van der Waals surface area (Å²) in [5.74, 6) is 0.822. The fourth-order valence-electron chi connectivity index (χ4n) is 2.79. The molecule has 0 aliphatic rings. The molecule has 152 valence electrons. The molecule has 0 aliphatic heterocycles. The third-order valence-corrected chi connectivity index (χ3v) is 4.14. The molecular formula is C23H33N3O2. The van der Waals surface area contributed by atoms with E-state index in [1.165, 1.54) is 16.7 Å². The molecule has 0 bridgehead atoms. The number of guanidine groups is 1. The van der Waals surface area contributed by atoms with Gasteiger partial charge in [-0.15, -0.1) is 0 Å². The van der Waals surface area contributed by atoms with Crippen molar-refractivity contribution in [3.63, 3.8) is 0 Å². The Bertz CT molecular complexity index is 731. The van der Waals surface area contributed by atoms with E-state index in [9.17, 15) is 0 Å². The summed E-state index contributed by atoms with van der Waals surface area (Å²) in [7, 11) is 0. The van der Waals surface area contributed by atoms with E-state index in [2.05, 4.69) is 73.0 Å². The highest BCUT2D eigenvalue weighted by Crippen LogP contribution is 2.07. The van der Waals surface area contributed by atoms with Crippen LogP contribution in [0.15, 0.2) is 53.5 Å². The van der Waals surface area contributed by atoms with Gasteiger partial charge in [0.1, 0.15) is 0 Å². The Hall–Kier alpha value is -2.37. The fraction of sp³-hybridized carbons (Fsp3) is 0.435. The molecule has 28 heavy (non-hydrogen) atoms. The Morgan fingerprint density at radius 1 is 0.893 bits per heavy atom. The number of nitrogens with one attached hydrogen (secondary N) is 2. The summed E-state index contributed by atoms with van der Waals surface area (Å²) in [5, 5.41) is 6.72. The lowest BCUT2D eigenvalue weighted by Crippen LogP contribution is -2.36. The van der Waals surface area contributed by atoms with Crippen molar-refractivity contribution in [1.82, 2.24) is 10.6 Å². The second kappa shape index (κ2) is 12.9. The molecule has 0 heterocycles. The van der Waals surface area contributed by atoms with Crippen LogP contribution >= 0.6 is 0 Å². The molecule has 0 aromatic heterocycles. The number of rotatable bonds is 11. The van der Waals surface area contributed by atoms with Crippen molar-refractivity contribution in [3.05, 3.63) is 70.8 Å². The summed E-state index contributed by atoms with van der Waals surface area (Å²) in [6.45, 7) is 10.9. The third-order valence-electron chi connectivity index (χ3n) is 4.14. The number of ether oxygens (including phenoxy) is 2. The molecule has 0 spiro atoms. The second-order valence-corrected chi connectivity index (χ2v) is 6.61. The van der Waals surface area contributed by atoms with E-state index in [4.69, 9.17) is 14.5 Å². The van der Waals surface area contributed by atoms with Gasteiger partial charge < -0.3 is 20.1 Å². The fourth-order valence-corrected chi connectivity index (χ4v) is 2.79. The average molecular weight is 384 g/mol. The molecule has 0 saturated heterocycles. The third kappa shape index (κ3) is 8.55. The lowest BCUT2D eigenvalue weighted by Gasteiger charge is -2.12. The number of aliphatic imine (C=N–C) groups is 1. The number of benzene rings is 2. The molecule has 5 heteroatoms. The highest BCUT2D eigenvalue weighted by Gasteiger charge is 2.01. The van der Waals surface area contributed by atoms with Gasteiger partial charge in [0, 0.05) is 19.7 Å². The molecule has 0 unspecified atom stereocenters. The van der Waals surface area contributed by atoms with Crippen LogP contribution in [-0.2, 0) is 29.2 Å². The largest absolute Gasteiger partial charge is 0.379 e. The van der Waals surface area contributed by atoms with Gasteiger partial charge >= 0.3 is 0 Å². The van der Waals surface area contributed by atoms with Crippen LogP contribution < -0.4 is 10.6 Å². The molecule has 2 rings (SSSR count). The van der Waals surface area contributed by atoms with Crippen LogP contribution in [0.1, 0.15) is 36.1 Å². The maximum atomic E-state index is 5.66. The normalized spacial score (nSPS) is 11.5. The molecule has 0 fully saturated rings. The van der Waals surface area contributed by atoms with Gasteiger partial charge in [-0.3, -0.25) is 0 Å². The van der Waals surface area contributed by atoms with Gasteiger partial charge in [-0.2, -0.15) is 0 Å². The number of hydrogen-bond donors (Lipinski definition) is 2. The van der Waals surface area contributed by atoms with Crippen molar-refractivity contribution in [2.24, 2.45) is 4.99 Å². The van der Waals surface area contributed by atoms with Gasteiger partial charge in [0.15, 0.2) is 5.96 Å². The van der Waals surface area contributed by atoms with E-state index >= 15 is 0 Å². The van der Waals surface area contributed by atoms with Gasteiger partial charge in [-0.1, -0.05) is 54.1 Å². The molecule has 2 N–H and O–H groups in total. The molecule has 5 nitrogen and oxygen atoms in total. The van der Waals surface area contributed by atoms with Gasteiger partial charge in [0.25, 0.3) is 0 Å². The first-order chi connectivity index (χ1) is 13.7. The average Bonchev–Trinajstić information content (AvgIpc) is 2.70. The minimum Gasteiger partial charge on any atom is -0.379 e. The summed E-state index contributed by atoms with van der Waals surface area (Å²) < 4.78 is 10.9. The van der Waals surface area contributed by atoms with Crippen LogP contribution in [0.5, 0.6) is 0 Å². The number of aryl methyl sites for hydroxylation is 1. The van der Waals surface area contributed by atoms with Crippen LogP contribution in [-0.4, -0.2) is 32.3 Å². The van der Waals surface area contributed by atoms with E-state index in [0.29, 0.717) is 32.9 Å². The van der Waals surface area contributed by atoms with Crippen LogP contribution in [0, 0.1) is 6.92 Å². The van der Waals surface area contributed by atoms with E-state index < -0.39 is 0 Å². The lowest BCUT2D eigenvalue weighted by molar-refractivity contribution is 0.0453. The van der Waals surface area contributed by atoms with Crippen molar-refractivity contribution >= 4 is 5.96 Å². The summed E-state index contributed by atoms with van der Waals surface area (Å²) in [5.41, 5.74) is 4.83. The molecule has 0 saturated carbocycles. The van der Waals surface area contributed by atoms with Crippen molar-refractivity contribution < 1.29 is 9.47 Å². The zero-order valence-corrected chi connectivity index (χ0v) is 17.3. The van der Waals surface area contributed by atoms with Crippen molar-refractivity contribution in [1.29, 1.82) is 0 Å². The van der Waals surface area contributed by atoms with E-state index in [0.717, 1.165) is 24.7 Å². The highest BCUT2D eigenvalue weighted by atomic mass is 16.5. The van der Waals surface area contributed by atoms with Crippen molar-refractivity contribution in [2.75, 3.05) is 26.4 Å². The smallest absolute Gasteiger partial charge is 0.191 e. The number of hydrogen-bond acceptors (Lipinski definition) is 3. The zero-order chi connectivity index (χ0) is 20.0. The molecule has 0 radical (unpaired) electrons. The van der Waals surface area contributed by atoms with Crippen molar-refractivity contribution in [2.45, 2.75) is 40.5 Å². The SMILES string of the molecule is CCNC(=NCc1cccc(C)c1)NCc1cccc(COCCOCC)c1. The van der Waals surface area contributed by atoms with Crippen molar-refractivity contribution in [3.8, 4) is 0 Å². The quantitative estimate of drug-likeness (QED) is 0.352. The molecule has 0 aliphatic carbocycles. The standard InChI is InChI=1S/C23H33N3O2/c1-4-24-23(25-16-20-9-6-8-19(3)14-20)26-17-21-10-7-11-22(15-21)18-28-13-12-27-5-2/h6-11,14-15H,4-5,12-13,16-18H2,1-3H3,(H2,24,25,26). The molecule has 2 aromatic rings. The van der Waals surface area contributed by atoms with Crippen LogP contribution in [0.2, 0.25) is 0 Å². The topological polar surface area (TPSA) is 54.9 Å². The molecule has 2 aromatic carbocycles. The first-order valence-corrected chi connectivity index (χ1v) is 10.0. The Morgan fingerprint density at radius 2 is 1.64 bits per heavy atom. The Balaban J connectivity index is 1.86. The van der Waals surface area contributed by atoms with Crippen LogP contribution in [0.25, 0.3) is 0 Å². The second-order valence-electron chi connectivity index (χ2n) is 6.61. The van der Waals surface area contributed by atoms with Gasteiger partial charge in [0.2, 0.25) is 0 Å². The molecule has 0 atom stereocenters. The highest BCUT2D eigenvalue weighted by molar-refractivity contribution is 5.79. The minimum absolute atomic E-state index is 0.600. The maximum Gasteiger partial charge on any atom is 0.191 e.